The first-order valence-electron chi connectivity index (χ1n) is 5.10. The van der Waals surface area contributed by atoms with Crippen LogP contribution < -0.4 is 0 Å². The first kappa shape index (κ1) is 13.5. The summed E-state index contributed by atoms with van der Waals surface area (Å²) in [5, 5.41) is 18.2. The maximum Gasteiger partial charge on any atom is 0.310 e. The van der Waals surface area contributed by atoms with Gasteiger partial charge in [0.2, 0.25) is 0 Å². The molecule has 1 aromatic carbocycles. The third-order valence-electron chi connectivity index (χ3n) is 2.22. The molecule has 0 unspecified atom stereocenters. The smallest absolute Gasteiger partial charge is 0.310 e. The minimum atomic E-state index is -0.386. The number of hydrogen-bond acceptors (Lipinski definition) is 4. The molecular weight excluding hydrogens is 242 g/mol. The highest BCUT2D eigenvalue weighted by Gasteiger charge is 2.12. The SMILES string of the molecule is CCOC(=O)Cc1cc(Cl)c(C#N)cc1CO. The summed E-state index contributed by atoms with van der Waals surface area (Å²) in [5.41, 5.74) is 1.37. The van der Waals surface area contributed by atoms with Crippen LogP contribution in [-0.4, -0.2) is 17.7 Å². The average Bonchev–Trinajstić information content (AvgIpc) is 2.29. The summed E-state index contributed by atoms with van der Waals surface area (Å²) in [6, 6.07) is 4.92. The second-order valence-electron chi connectivity index (χ2n) is 3.35. The summed E-state index contributed by atoms with van der Waals surface area (Å²) in [4.78, 5) is 11.3. The van der Waals surface area contributed by atoms with Crippen molar-refractivity contribution in [3.63, 3.8) is 0 Å². The van der Waals surface area contributed by atoms with Crippen molar-refractivity contribution in [1.29, 1.82) is 5.26 Å². The fourth-order valence-corrected chi connectivity index (χ4v) is 1.65. The van der Waals surface area contributed by atoms with Gasteiger partial charge in [-0.05, 0) is 30.2 Å². The Morgan fingerprint density at radius 2 is 2.24 bits per heavy atom. The van der Waals surface area contributed by atoms with Gasteiger partial charge in [0, 0.05) is 0 Å². The molecule has 90 valence electrons. The molecule has 0 fully saturated rings. The lowest BCUT2D eigenvalue weighted by Gasteiger charge is -2.08. The number of carbonyl (C=O) groups excluding carboxylic acids is 1. The van der Waals surface area contributed by atoms with E-state index in [1.165, 1.54) is 12.1 Å². The normalized spacial score (nSPS) is 9.76. The van der Waals surface area contributed by atoms with E-state index in [0.29, 0.717) is 17.7 Å². The van der Waals surface area contributed by atoms with Gasteiger partial charge in [0.25, 0.3) is 0 Å². The molecule has 0 aliphatic rings. The van der Waals surface area contributed by atoms with Crippen molar-refractivity contribution >= 4 is 17.6 Å². The van der Waals surface area contributed by atoms with E-state index in [0.717, 1.165) is 0 Å². The molecule has 0 spiro atoms. The molecule has 1 rings (SSSR count). The Bertz CT molecular complexity index is 466. The molecule has 0 aliphatic heterocycles. The molecule has 0 heterocycles. The van der Waals surface area contributed by atoms with E-state index in [9.17, 15) is 4.79 Å². The van der Waals surface area contributed by atoms with Crippen LogP contribution in [-0.2, 0) is 22.6 Å². The molecule has 1 N–H and O–H groups in total. The van der Waals surface area contributed by atoms with Gasteiger partial charge in [0.15, 0.2) is 0 Å². The summed E-state index contributed by atoms with van der Waals surface area (Å²) in [6.07, 6.45) is 0.0369. The second kappa shape index (κ2) is 6.24. The Kier molecular flexibility index (Phi) is 4.95. The molecule has 0 bridgehead atoms. The average molecular weight is 254 g/mol. The van der Waals surface area contributed by atoms with Crippen molar-refractivity contribution in [2.24, 2.45) is 0 Å². The van der Waals surface area contributed by atoms with Crippen LogP contribution in [0, 0.1) is 11.3 Å². The molecule has 0 aromatic heterocycles. The summed E-state index contributed by atoms with van der Waals surface area (Å²) in [5.74, 6) is -0.386. The molecule has 0 radical (unpaired) electrons. The van der Waals surface area contributed by atoms with Crippen molar-refractivity contribution < 1.29 is 14.6 Å². The summed E-state index contributed by atoms with van der Waals surface area (Å²) in [7, 11) is 0. The van der Waals surface area contributed by atoms with E-state index in [4.69, 9.17) is 26.7 Å². The van der Waals surface area contributed by atoms with Gasteiger partial charge < -0.3 is 9.84 Å². The van der Waals surface area contributed by atoms with E-state index in [2.05, 4.69) is 0 Å². The van der Waals surface area contributed by atoms with Crippen LogP contribution in [0.4, 0.5) is 0 Å². The highest BCUT2D eigenvalue weighted by Crippen LogP contribution is 2.22. The van der Waals surface area contributed by atoms with Gasteiger partial charge in [-0.1, -0.05) is 11.6 Å². The standard InChI is InChI=1S/C12H12ClNO3/c1-2-17-12(16)5-8-4-11(13)9(6-14)3-10(8)7-15/h3-4,15H,2,5,7H2,1H3. The Labute approximate surface area is 104 Å². The van der Waals surface area contributed by atoms with E-state index in [1.807, 2.05) is 6.07 Å². The molecule has 0 saturated carbocycles. The number of ether oxygens (including phenoxy) is 1. The monoisotopic (exact) mass is 253 g/mol. The molecule has 0 amide bonds. The maximum absolute atomic E-state index is 11.3. The van der Waals surface area contributed by atoms with Gasteiger partial charge in [-0.15, -0.1) is 0 Å². The Hall–Kier alpha value is -1.57. The Morgan fingerprint density at radius 1 is 1.53 bits per heavy atom. The highest BCUT2D eigenvalue weighted by molar-refractivity contribution is 6.31. The van der Waals surface area contributed by atoms with Crippen LogP contribution in [0.1, 0.15) is 23.6 Å². The van der Waals surface area contributed by atoms with Crippen LogP contribution in [0.2, 0.25) is 5.02 Å². The molecule has 17 heavy (non-hydrogen) atoms. The van der Waals surface area contributed by atoms with Gasteiger partial charge >= 0.3 is 5.97 Å². The number of rotatable bonds is 4. The molecule has 0 aliphatic carbocycles. The van der Waals surface area contributed by atoms with Crippen LogP contribution in [0.5, 0.6) is 0 Å². The number of esters is 1. The molecule has 4 nitrogen and oxygen atoms in total. The third kappa shape index (κ3) is 3.45. The predicted octanol–water partition coefficient (Wildman–Crippen LogP) is 1.81. The molecule has 0 saturated heterocycles. The number of hydrogen-bond donors (Lipinski definition) is 1. The number of aliphatic hydroxyl groups excluding tert-OH is 1. The van der Waals surface area contributed by atoms with Crippen LogP contribution in [0.3, 0.4) is 0 Å². The lowest BCUT2D eigenvalue weighted by atomic mass is 10.0. The van der Waals surface area contributed by atoms with Crippen molar-refractivity contribution in [2.45, 2.75) is 20.0 Å². The molecule has 1 aromatic rings. The quantitative estimate of drug-likeness (QED) is 0.831. The fraction of sp³-hybridized carbons (Fsp3) is 0.333. The van der Waals surface area contributed by atoms with Gasteiger partial charge in [0.05, 0.1) is 30.2 Å². The number of carbonyl (C=O) groups is 1. The van der Waals surface area contributed by atoms with Gasteiger partial charge in [-0.3, -0.25) is 4.79 Å². The topological polar surface area (TPSA) is 70.3 Å². The fourth-order valence-electron chi connectivity index (χ4n) is 1.42. The zero-order valence-electron chi connectivity index (χ0n) is 9.36. The number of nitrogens with zero attached hydrogens (tertiary/aromatic N) is 1. The van der Waals surface area contributed by atoms with Crippen molar-refractivity contribution in [3.05, 3.63) is 33.8 Å². The van der Waals surface area contributed by atoms with Crippen molar-refractivity contribution in [3.8, 4) is 6.07 Å². The van der Waals surface area contributed by atoms with Gasteiger partial charge in [-0.25, -0.2) is 0 Å². The van der Waals surface area contributed by atoms with Crippen LogP contribution in [0.25, 0.3) is 0 Å². The first-order chi connectivity index (χ1) is 8.12. The number of aliphatic hydroxyl groups is 1. The minimum absolute atomic E-state index is 0.0369. The highest BCUT2D eigenvalue weighted by atomic mass is 35.5. The van der Waals surface area contributed by atoms with E-state index in [-0.39, 0.29) is 29.6 Å². The number of halogens is 1. The number of benzene rings is 1. The van der Waals surface area contributed by atoms with Crippen LogP contribution in [0.15, 0.2) is 12.1 Å². The zero-order valence-corrected chi connectivity index (χ0v) is 10.1. The minimum Gasteiger partial charge on any atom is -0.466 e. The third-order valence-corrected chi connectivity index (χ3v) is 2.53. The lowest BCUT2D eigenvalue weighted by molar-refractivity contribution is -0.142. The summed E-state index contributed by atoms with van der Waals surface area (Å²) in [6.45, 7) is 1.77. The maximum atomic E-state index is 11.3. The Morgan fingerprint density at radius 3 is 2.76 bits per heavy atom. The number of nitriles is 1. The van der Waals surface area contributed by atoms with Crippen molar-refractivity contribution in [2.75, 3.05) is 6.61 Å². The van der Waals surface area contributed by atoms with E-state index >= 15 is 0 Å². The second-order valence-corrected chi connectivity index (χ2v) is 3.76. The lowest BCUT2D eigenvalue weighted by Crippen LogP contribution is -2.09. The van der Waals surface area contributed by atoms with Crippen molar-refractivity contribution in [1.82, 2.24) is 0 Å². The van der Waals surface area contributed by atoms with Crippen LogP contribution >= 0.6 is 11.6 Å². The van der Waals surface area contributed by atoms with E-state index in [1.54, 1.807) is 6.92 Å². The first-order valence-corrected chi connectivity index (χ1v) is 5.48. The van der Waals surface area contributed by atoms with Gasteiger partial charge in [0.1, 0.15) is 6.07 Å². The molecule has 0 atom stereocenters. The molecule has 5 heteroatoms. The van der Waals surface area contributed by atoms with E-state index < -0.39 is 0 Å². The van der Waals surface area contributed by atoms with Gasteiger partial charge in [-0.2, -0.15) is 5.26 Å². The largest absolute Gasteiger partial charge is 0.466 e. The Balaban J connectivity index is 3.03. The predicted molar refractivity (Wildman–Crippen MR) is 62.4 cm³/mol. The zero-order chi connectivity index (χ0) is 12.8. The molecular formula is C12H12ClNO3. The summed E-state index contributed by atoms with van der Waals surface area (Å²) >= 11 is 5.86. The summed E-state index contributed by atoms with van der Waals surface area (Å²) < 4.78 is 4.81.